The predicted molar refractivity (Wildman–Crippen MR) is 106 cm³/mol. The van der Waals surface area contributed by atoms with Crippen LogP contribution in [0.5, 0.6) is 0 Å². The number of aryl methyl sites for hydroxylation is 2. The first-order valence-corrected chi connectivity index (χ1v) is 9.02. The van der Waals surface area contributed by atoms with Gasteiger partial charge in [0.15, 0.2) is 5.82 Å². The molecule has 2 aromatic heterocycles. The first kappa shape index (κ1) is 15.7. The van der Waals surface area contributed by atoms with E-state index in [9.17, 15) is 0 Å². The average molecular weight is 329 g/mol. The number of aromatic nitrogens is 2. The van der Waals surface area contributed by atoms with Crippen molar-refractivity contribution >= 4 is 27.6 Å². The molecule has 0 saturated carbocycles. The standard InChI is InChI=1S/C22H23N3/c1-2-23-22-21-19(14-15-24-22)18-12-6-7-13-20(18)25(21)16-8-11-17-9-4-3-5-10-17/h3-7,9-10,12-15H,2,8,11,16H2,1H3,(H,23,24). The Morgan fingerprint density at radius 1 is 0.920 bits per heavy atom. The highest BCUT2D eigenvalue weighted by molar-refractivity contribution is 6.11. The normalized spacial score (nSPS) is 11.2. The number of hydrogen-bond donors (Lipinski definition) is 1. The van der Waals surface area contributed by atoms with Crippen molar-refractivity contribution in [2.24, 2.45) is 0 Å². The van der Waals surface area contributed by atoms with Crippen molar-refractivity contribution in [1.82, 2.24) is 9.55 Å². The number of benzene rings is 2. The number of pyridine rings is 1. The molecule has 0 aliphatic rings. The fourth-order valence-electron chi connectivity index (χ4n) is 3.62. The fourth-order valence-corrected chi connectivity index (χ4v) is 3.62. The van der Waals surface area contributed by atoms with E-state index < -0.39 is 0 Å². The highest BCUT2D eigenvalue weighted by Gasteiger charge is 2.14. The van der Waals surface area contributed by atoms with Gasteiger partial charge in [0.05, 0.1) is 5.52 Å². The summed E-state index contributed by atoms with van der Waals surface area (Å²) in [4.78, 5) is 4.59. The first-order chi connectivity index (χ1) is 12.4. The van der Waals surface area contributed by atoms with Crippen LogP contribution in [0, 0.1) is 0 Å². The Bertz CT molecular complexity index is 986. The van der Waals surface area contributed by atoms with E-state index in [2.05, 4.69) is 82.5 Å². The van der Waals surface area contributed by atoms with E-state index in [1.165, 1.54) is 27.4 Å². The second-order valence-corrected chi connectivity index (χ2v) is 6.34. The summed E-state index contributed by atoms with van der Waals surface area (Å²) >= 11 is 0. The third kappa shape index (κ3) is 2.98. The first-order valence-electron chi connectivity index (χ1n) is 9.02. The molecule has 25 heavy (non-hydrogen) atoms. The molecular formula is C22H23N3. The molecule has 0 aliphatic carbocycles. The number of para-hydroxylation sites is 1. The van der Waals surface area contributed by atoms with E-state index in [0.29, 0.717) is 0 Å². The summed E-state index contributed by atoms with van der Waals surface area (Å²) < 4.78 is 2.43. The third-order valence-corrected chi connectivity index (χ3v) is 4.71. The van der Waals surface area contributed by atoms with Gasteiger partial charge in [-0.15, -0.1) is 0 Å². The molecule has 0 fully saturated rings. The topological polar surface area (TPSA) is 29.9 Å². The summed E-state index contributed by atoms with van der Waals surface area (Å²) in [7, 11) is 0. The molecule has 0 aliphatic heterocycles. The molecule has 0 radical (unpaired) electrons. The third-order valence-electron chi connectivity index (χ3n) is 4.71. The molecule has 0 unspecified atom stereocenters. The Hall–Kier alpha value is -2.81. The Kier molecular flexibility index (Phi) is 4.38. The molecule has 4 aromatic rings. The Labute approximate surface area is 148 Å². The van der Waals surface area contributed by atoms with Gasteiger partial charge >= 0.3 is 0 Å². The maximum Gasteiger partial charge on any atom is 0.150 e. The fraction of sp³-hybridized carbons (Fsp3) is 0.227. The molecule has 4 rings (SSSR count). The number of fused-ring (bicyclic) bond motifs is 3. The zero-order valence-electron chi connectivity index (χ0n) is 14.6. The number of anilines is 1. The Balaban J connectivity index is 1.74. The van der Waals surface area contributed by atoms with Gasteiger partial charge in [0.2, 0.25) is 0 Å². The van der Waals surface area contributed by atoms with Crippen LogP contribution in [-0.2, 0) is 13.0 Å². The van der Waals surface area contributed by atoms with E-state index in [0.717, 1.165) is 31.7 Å². The van der Waals surface area contributed by atoms with E-state index in [1.807, 2.05) is 6.20 Å². The van der Waals surface area contributed by atoms with Crippen LogP contribution >= 0.6 is 0 Å². The molecule has 0 spiro atoms. The molecule has 3 heteroatoms. The van der Waals surface area contributed by atoms with Gasteiger partial charge in [-0.25, -0.2) is 4.98 Å². The molecule has 1 N–H and O–H groups in total. The minimum Gasteiger partial charge on any atom is -0.369 e. The summed E-state index contributed by atoms with van der Waals surface area (Å²) in [6, 6.07) is 21.5. The van der Waals surface area contributed by atoms with Gasteiger partial charge in [0.1, 0.15) is 0 Å². The molecule has 0 amide bonds. The number of nitrogens with zero attached hydrogens (tertiary/aromatic N) is 2. The van der Waals surface area contributed by atoms with Crippen LogP contribution in [-0.4, -0.2) is 16.1 Å². The molecular weight excluding hydrogens is 306 g/mol. The molecule has 2 aromatic carbocycles. The van der Waals surface area contributed by atoms with Crippen molar-refractivity contribution in [1.29, 1.82) is 0 Å². The van der Waals surface area contributed by atoms with Crippen molar-refractivity contribution in [2.75, 3.05) is 11.9 Å². The lowest BCUT2D eigenvalue weighted by atomic mass is 10.1. The summed E-state index contributed by atoms with van der Waals surface area (Å²) in [5.41, 5.74) is 3.91. The maximum atomic E-state index is 4.59. The van der Waals surface area contributed by atoms with Gasteiger partial charge in [-0.05, 0) is 37.5 Å². The largest absolute Gasteiger partial charge is 0.369 e. The minimum atomic E-state index is 0.873. The second kappa shape index (κ2) is 6.98. The number of rotatable bonds is 6. The van der Waals surface area contributed by atoms with E-state index >= 15 is 0 Å². The van der Waals surface area contributed by atoms with E-state index in [4.69, 9.17) is 0 Å². The van der Waals surface area contributed by atoms with Crippen molar-refractivity contribution in [2.45, 2.75) is 26.3 Å². The smallest absolute Gasteiger partial charge is 0.150 e. The zero-order chi connectivity index (χ0) is 17.1. The van der Waals surface area contributed by atoms with Crippen LogP contribution in [0.1, 0.15) is 18.9 Å². The highest BCUT2D eigenvalue weighted by Crippen LogP contribution is 2.32. The van der Waals surface area contributed by atoms with Crippen LogP contribution in [0.3, 0.4) is 0 Å². The quantitative estimate of drug-likeness (QED) is 0.523. The minimum absolute atomic E-state index is 0.873. The summed E-state index contributed by atoms with van der Waals surface area (Å²) in [5.74, 6) is 0.982. The van der Waals surface area contributed by atoms with E-state index in [1.54, 1.807) is 0 Å². The van der Waals surface area contributed by atoms with E-state index in [-0.39, 0.29) is 0 Å². The molecule has 2 heterocycles. The Morgan fingerprint density at radius 2 is 1.72 bits per heavy atom. The van der Waals surface area contributed by atoms with Crippen LogP contribution in [0.4, 0.5) is 5.82 Å². The van der Waals surface area contributed by atoms with Crippen LogP contribution < -0.4 is 5.32 Å². The SMILES string of the molecule is CCNc1nccc2c3ccccc3n(CCCc3ccccc3)c12. The summed E-state index contributed by atoms with van der Waals surface area (Å²) in [6.45, 7) is 3.98. The summed E-state index contributed by atoms with van der Waals surface area (Å²) in [5, 5.41) is 6.01. The molecule has 126 valence electrons. The van der Waals surface area contributed by atoms with Gasteiger partial charge in [-0.3, -0.25) is 0 Å². The predicted octanol–water partition coefficient (Wildman–Crippen LogP) is 5.25. The average Bonchev–Trinajstić information content (AvgIpc) is 2.98. The van der Waals surface area contributed by atoms with Crippen LogP contribution in [0.15, 0.2) is 66.9 Å². The van der Waals surface area contributed by atoms with Crippen molar-refractivity contribution in [3.8, 4) is 0 Å². The lowest BCUT2D eigenvalue weighted by molar-refractivity contribution is 0.677. The molecule has 3 nitrogen and oxygen atoms in total. The lowest BCUT2D eigenvalue weighted by Crippen LogP contribution is -2.05. The number of nitrogens with one attached hydrogen (secondary N) is 1. The zero-order valence-corrected chi connectivity index (χ0v) is 14.6. The van der Waals surface area contributed by atoms with Gasteiger partial charge in [-0.2, -0.15) is 0 Å². The Morgan fingerprint density at radius 3 is 2.56 bits per heavy atom. The van der Waals surface area contributed by atoms with Crippen molar-refractivity contribution in [3.63, 3.8) is 0 Å². The van der Waals surface area contributed by atoms with Crippen LogP contribution in [0.2, 0.25) is 0 Å². The van der Waals surface area contributed by atoms with Crippen molar-refractivity contribution in [3.05, 3.63) is 72.4 Å². The monoisotopic (exact) mass is 329 g/mol. The van der Waals surface area contributed by atoms with Crippen molar-refractivity contribution < 1.29 is 0 Å². The highest BCUT2D eigenvalue weighted by atomic mass is 15.1. The van der Waals surface area contributed by atoms with Gasteiger partial charge < -0.3 is 9.88 Å². The van der Waals surface area contributed by atoms with Gasteiger partial charge in [0.25, 0.3) is 0 Å². The van der Waals surface area contributed by atoms with Gasteiger partial charge in [0, 0.05) is 35.6 Å². The second-order valence-electron chi connectivity index (χ2n) is 6.34. The molecule has 0 saturated heterocycles. The summed E-state index contributed by atoms with van der Waals surface area (Å²) in [6.07, 6.45) is 4.10. The van der Waals surface area contributed by atoms with Crippen LogP contribution in [0.25, 0.3) is 21.8 Å². The molecule has 0 atom stereocenters. The number of hydrogen-bond acceptors (Lipinski definition) is 2. The van der Waals surface area contributed by atoms with Gasteiger partial charge in [-0.1, -0.05) is 48.5 Å². The lowest BCUT2D eigenvalue weighted by Gasteiger charge is -2.11. The molecule has 0 bridgehead atoms. The maximum absolute atomic E-state index is 4.59.